The second-order valence-corrected chi connectivity index (χ2v) is 3.99. The largest absolute Gasteiger partial charge is 0.494 e. The van der Waals surface area contributed by atoms with Crippen molar-refractivity contribution in [3.8, 4) is 5.75 Å². The summed E-state index contributed by atoms with van der Waals surface area (Å²) in [6, 6.07) is 6.91. The number of ether oxygens (including phenoxy) is 1. The molecular formula is C13H19NO. The van der Waals surface area contributed by atoms with Gasteiger partial charge >= 0.3 is 0 Å². The van der Waals surface area contributed by atoms with Crippen molar-refractivity contribution in [2.45, 2.75) is 32.2 Å². The molecule has 2 heteroatoms. The number of fused-ring (bicyclic) bond motifs is 1. The summed E-state index contributed by atoms with van der Waals surface area (Å²) in [4.78, 5) is 0. The predicted octanol–water partition coefficient (Wildman–Crippen LogP) is 2.68. The van der Waals surface area contributed by atoms with Crippen LogP contribution >= 0.6 is 0 Å². The highest BCUT2D eigenvalue weighted by Gasteiger charge is 2.21. The smallest absolute Gasteiger partial charge is 0.122 e. The molecule has 1 unspecified atom stereocenters. The molecule has 1 aromatic carbocycles. The number of nitrogens with one attached hydrogen (secondary N) is 1. The first kappa shape index (κ1) is 10.5. The topological polar surface area (TPSA) is 21.3 Å². The van der Waals surface area contributed by atoms with E-state index in [1.54, 1.807) is 0 Å². The summed E-state index contributed by atoms with van der Waals surface area (Å²) < 4.78 is 5.67. The molecule has 2 rings (SSSR count). The lowest BCUT2D eigenvalue weighted by molar-refractivity contribution is 0.332. The summed E-state index contributed by atoms with van der Waals surface area (Å²) in [7, 11) is 2.03. The van der Waals surface area contributed by atoms with E-state index < -0.39 is 0 Å². The first-order valence-corrected chi connectivity index (χ1v) is 5.78. The van der Waals surface area contributed by atoms with Crippen molar-refractivity contribution in [2.75, 3.05) is 13.7 Å². The van der Waals surface area contributed by atoms with E-state index in [0.29, 0.717) is 6.04 Å². The fraction of sp³-hybridized carbons (Fsp3) is 0.538. The van der Waals surface area contributed by atoms with Gasteiger partial charge in [-0.05, 0) is 50.4 Å². The van der Waals surface area contributed by atoms with Gasteiger partial charge < -0.3 is 10.1 Å². The van der Waals surface area contributed by atoms with Gasteiger partial charge in [0.2, 0.25) is 0 Å². The van der Waals surface area contributed by atoms with E-state index in [4.69, 9.17) is 4.74 Å². The summed E-state index contributed by atoms with van der Waals surface area (Å²) in [5, 5.41) is 3.37. The molecular weight excluding hydrogens is 186 g/mol. The Morgan fingerprint density at radius 1 is 1.47 bits per heavy atom. The third-order valence-corrected chi connectivity index (χ3v) is 3.11. The molecule has 0 bridgehead atoms. The zero-order valence-electron chi connectivity index (χ0n) is 9.55. The molecule has 0 aliphatic heterocycles. The van der Waals surface area contributed by atoms with E-state index in [1.165, 1.54) is 24.0 Å². The Kier molecular flexibility index (Phi) is 3.27. The standard InChI is InChI=1S/C13H19NO/c1-3-15-13-9-5-6-10-11(13)7-4-8-12(10)14-2/h5-6,9,12,14H,3-4,7-8H2,1-2H3. The van der Waals surface area contributed by atoms with Gasteiger partial charge in [-0.25, -0.2) is 0 Å². The molecule has 0 spiro atoms. The highest BCUT2D eigenvalue weighted by Crippen LogP contribution is 2.34. The Hall–Kier alpha value is -1.02. The van der Waals surface area contributed by atoms with Gasteiger partial charge in [0.1, 0.15) is 5.75 Å². The van der Waals surface area contributed by atoms with Crippen molar-refractivity contribution in [1.29, 1.82) is 0 Å². The van der Waals surface area contributed by atoms with Gasteiger partial charge in [-0.1, -0.05) is 12.1 Å². The van der Waals surface area contributed by atoms with Crippen molar-refractivity contribution >= 4 is 0 Å². The minimum Gasteiger partial charge on any atom is -0.494 e. The van der Waals surface area contributed by atoms with Gasteiger partial charge in [-0.15, -0.1) is 0 Å². The molecule has 0 heterocycles. The molecule has 1 atom stereocenters. The second-order valence-electron chi connectivity index (χ2n) is 3.99. The average Bonchev–Trinajstić information content (AvgIpc) is 2.29. The monoisotopic (exact) mass is 205 g/mol. The minimum absolute atomic E-state index is 0.508. The fourth-order valence-electron chi connectivity index (χ4n) is 2.41. The average molecular weight is 205 g/mol. The lowest BCUT2D eigenvalue weighted by Gasteiger charge is -2.26. The first-order chi connectivity index (χ1) is 7.36. The normalized spacial score (nSPS) is 19.7. The van der Waals surface area contributed by atoms with Gasteiger partial charge in [0.05, 0.1) is 6.61 Å². The fourth-order valence-corrected chi connectivity index (χ4v) is 2.41. The molecule has 2 nitrogen and oxygen atoms in total. The van der Waals surface area contributed by atoms with Crippen LogP contribution in [-0.2, 0) is 6.42 Å². The number of benzene rings is 1. The molecule has 0 saturated carbocycles. The number of hydrogen-bond acceptors (Lipinski definition) is 2. The lowest BCUT2D eigenvalue weighted by atomic mass is 9.87. The number of hydrogen-bond donors (Lipinski definition) is 1. The predicted molar refractivity (Wildman–Crippen MR) is 62.3 cm³/mol. The minimum atomic E-state index is 0.508. The van der Waals surface area contributed by atoms with Crippen LogP contribution in [0.2, 0.25) is 0 Å². The molecule has 0 fully saturated rings. The van der Waals surface area contributed by atoms with E-state index in [9.17, 15) is 0 Å². The maximum absolute atomic E-state index is 5.67. The van der Waals surface area contributed by atoms with Crippen molar-refractivity contribution in [3.05, 3.63) is 29.3 Å². The van der Waals surface area contributed by atoms with E-state index in [2.05, 4.69) is 23.5 Å². The maximum atomic E-state index is 5.67. The van der Waals surface area contributed by atoms with Crippen LogP contribution in [0.1, 0.15) is 36.9 Å². The molecule has 82 valence electrons. The zero-order valence-corrected chi connectivity index (χ0v) is 9.55. The molecule has 1 aliphatic carbocycles. The van der Waals surface area contributed by atoms with E-state index in [-0.39, 0.29) is 0 Å². The van der Waals surface area contributed by atoms with E-state index in [1.807, 2.05) is 14.0 Å². The van der Waals surface area contributed by atoms with Crippen LogP contribution < -0.4 is 10.1 Å². The van der Waals surface area contributed by atoms with Crippen LogP contribution in [0.25, 0.3) is 0 Å². The highest BCUT2D eigenvalue weighted by atomic mass is 16.5. The van der Waals surface area contributed by atoms with Crippen molar-refractivity contribution in [2.24, 2.45) is 0 Å². The molecule has 1 N–H and O–H groups in total. The quantitative estimate of drug-likeness (QED) is 0.819. The Balaban J connectivity index is 2.37. The summed E-state index contributed by atoms with van der Waals surface area (Å²) in [6.45, 7) is 2.79. The summed E-state index contributed by atoms with van der Waals surface area (Å²) in [6.07, 6.45) is 3.64. The summed E-state index contributed by atoms with van der Waals surface area (Å²) in [5.41, 5.74) is 2.83. The molecule has 0 saturated heterocycles. The SMILES string of the molecule is CCOc1cccc2c1CCCC2NC. The van der Waals surface area contributed by atoms with Gasteiger partial charge in [0, 0.05) is 6.04 Å². The van der Waals surface area contributed by atoms with Crippen LogP contribution in [0.15, 0.2) is 18.2 Å². The van der Waals surface area contributed by atoms with E-state index >= 15 is 0 Å². The molecule has 0 aromatic heterocycles. The van der Waals surface area contributed by atoms with Crippen LogP contribution in [0.4, 0.5) is 0 Å². The Morgan fingerprint density at radius 3 is 3.07 bits per heavy atom. The van der Waals surface area contributed by atoms with Crippen molar-refractivity contribution < 1.29 is 4.74 Å². The Morgan fingerprint density at radius 2 is 2.33 bits per heavy atom. The number of rotatable bonds is 3. The zero-order chi connectivity index (χ0) is 10.7. The van der Waals surface area contributed by atoms with Crippen molar-refractivity contribution in [1.82, 2.24) is 5.32 Å². The molecule has 0 radical (unpaired) electrons. The summed E-state index contributed by atoms with van der Waals surface area (Å²) >= 11 is 0. The van der Waals surface area contributed by atoms with Crippen LogP contribution in [0, 0.1) is 0 Å². The Labute approximate surface area is 91.6 Å². The first-order valence-electron chi connectivity index (χ1n) is 5.78. The van der Waals surface area contributed by atoms with Crippen LogP contribution in [0.3, 0.4) is 0 Å². The highest BCUT2D eigenvalue weighted by molar-refractivity contribution is 5.43. The third-order valence-electron chi connectivity index (χ3n) is 3.11. The van der Waals surface area contributed by atoms with Crippen LogP contribution in [0.5, 0.6) is 5.75 Å². The van der Waals surface area contributed by atoms with Gasteiger partial charge in [0.25, 0.3) is 0 Å². The second kappa shape index (κ2) is 4.67. The van der Waals surface area contributed by atoms with Gasteiger partial charge in [-0.2, -0.15) is 0 Å². The third kappa shape index (κ3) is 2.00. The van der Waals surface area contributed by atoms with E-state index in [0.717, 1.165) is 18.8 Å². The van der Waals surface area contributed by atoms with Crippen molar-refractivity contribution in [3.63, 3.8) is 0 Å². The Bertz CT molecular complexity index is 335. The maximum Gasteiger partial charge on any atom is 0.122 e. The van der Waals surface area contributed by atoms with Gasteiger partial charge in [0.15, 0.2) is 0 Å². The van der Waals surface area contributed by atoms with Crippen LogP contribution in [-0.4, -0.2) is 13.7 Å². The lowest BCUT2D eigenvalue weighted by Crippen LogP contribution is -2.21. The molecule has 0 amide bonds. The molecule has 1 aliphatic rings. The summed E-state index contributed by atoms with van der Waals surface area (Å²) in [5.74, 6) is 1.08. The molecule has 1 aromatic rings. The molecule has 15 heavy (non-hydrogen) atoms. The van der Waals surface area contributed by atoms with Gasteiger partial charge in [-0.3, -0.25) is 0 Å².